The van der Waals surface area contributed by atoms with Gasteiger partial charge in [-0.25, -0.2) is 9.78 Å². The van der Waals surface area contributed by atoms with E-state index in [0.717, 1.165) is 42.4 Å². The summed E-state index contributed by atoms with van der Waals surface area (Å²) < 4.78 is 12.5. The van der Waals surface area contributed by atoms with Crippen molar-refractivity contribution in [2.24, 2.45) is 5.41 Å². The smallest absolute Gasteiger partial charge is 0.354 e. The third-order valence-corrected chi connectivity index (χ3v) is 9.99. The molecule has 5 aliphatic rings. The first-order valence-corrected chi connectivity index (χ1v) is 14.5. The normalized spacial score (nSPS) is 23.4. The van der Waals surface area contributed by atoms with Gasteiger partial charge in [0.2, 0.25) is 0 Å². The number of hydrogen-bond donors (Lipinski definition) is 1. The lowest BCUT2D eigenvalue weighted by Gasteiger charge is -2.44. The van der Waals surface area contributed by atoms with Gasteiger partial charge in [0.15, 0.2) is 11.5 Å². The van der Waals surface area contributed by atoms with Gasteiger partial charge in [0.25, 0.3) is 5.91 Å². The molecule has 8 nitrogen and oxygen atoms in total. The Labute approximate surface area is 239 Å². The summed E-state index contributed by atoms with van der Waals surface area (Å²) in [6.07, 6.45) is 5.77. The zero-order valence-electron chi connectivity index (χ0n) is 23.9. The first-order valence-electron chi connectivity index (χ1n) is 14.5. The van der Waals surface area contributed by atoms with Gasteiger partial charge in [-0.2, -0.15) is 0 Å². The SMILES string of the molecule is CCN1C(=O)C2=C(CC13CC3)OC1=C(C(=O)CC3(CC3)C1)[C@H]2c1c(OC)ccc(-c2ccc(C)c(C(=O)O)n2)c1C. The molecule has 2 saturated carbocycles. The quantitative estimate of drug-likeness (QED) is 0.511. The van der Waals surface area contributed by atoms with Crippen molar-refractivity contribution in [1.29, 1.82) is 0 Å². The minimum Gasteiger partial charge on any atom is -0.496 e. The van der Waals surface area contributed by atoms with Crippen LogP contribution in [0, 0.1) is 19.3 Å². The number of carbonyl (C=O) groups is 3. The molecular formula is C33H34N2O6. The number of allylic oxidation sites excluding steroid dienone is 2. The van der Waals surface area contributed by atoms with Crippen LogP contribution in [-0.4, -0.2) is 51.8 Å². The molecule has 0 bridgehead atoms. The lowest BCUT2D eigenvalue weighted by atomic mass is 9.70. The molecule has 3 heterocycles. The van der Waals surface area contributed by atoms with Crippen molar-refractivity contribution >= 4 is 17.7 Å². The topological polar surface area (TPSA) is 106 Å². The van der Waals surface area contributed by atoms with Crippen molar-refractivity contribution in [3.05, 3.63) is 69.3 Å². The lowest BCUT2D eigenvalue weighted by Crippen LogP contribution is -2.49. The highest BCUT2D eigenvalue weighted by Crippen LogP contribution is 2.62. The van der Waals surface area contributed by atoms with E-state index in [4.69, 9.17) is 9.47 Å². The first-order chi connectivity index (χ1) is 19.6. The van der Waals surface area contributed by atoms with Gasteiger partial charge in [-0.05, 0) is 81.2 Å². The van der Waals surface area contributed by atoms with Crippen LogP contribution in [-0.2, 0) is 14.3 Å². The average molecular weight is 555 g/mol. The number of benzene rings is 1. The van der Waals surface area contributed by atoms with Crippen molar-refractivity contribution in [2.45, 2.75) is 77.2 Å². The maximum absolute atomic E-state index is 14.3. The molecule has 1 atom stereocenters. The Hall–Kier alpha value is -3.94. The highest BCUT2D eigenvalue weighted by Gasteiger charge is 2.59. The maximum atomic E-state index is 14.3. The number of carbonyl (C=O) groups excluding carboxylic acids is 2. The van der Waals surface area contributed by atoms with Crippen molar-refractivity contribution in [3.8, 4) is 17.0 Å². The number of likely N-dealkylation sites (N-methyl/N-ethyl adjacent to an activating group) is 1. The number of ether oxygens (including phenoxy) is 2. The van der Waals surface area contributed by atoms with Gasteiger partial charge in [0.1, 0.15) is 17.3 Å². The summed E-state index contributed by atoms with van der Waals surface area (Å²) in [4.78, 5) is 46.6. The molecule has 7 rings (SSSR count). The first kappa shape index (κ1) is 26.0. The van der Waals surface area contributed by atoms with Crippen LogP contribution < -0.4 is 4.74 Å². The predicted octanol–water partition coefficient (Wildman–Crippen LogP) is 5.62. The lowest BCUT2D eigenvalue weighted by molar-refractivity contribution is -0.132. The molecule has 3 aliphatic carbocycles. The number of aromatic carboxylic acids is 1. The number of Topliss-reactive ketones (excluding diaryl/α,β-unsaturated/α-hetero) is 1. The molecular weight excluding hydrogens is 520 g/mol. The molecule has 2 fully saturated rings. The van der Waals surface area contributed by atoms with E-state index in [1.807, 2.05) is 36.9 Å². The highest BCUT2D eigenvalue weighted by molar-refractivity contribution is 6.06. The molecule has 2 aromatic rings. The molecule has 1 N–H and O–H groups in total. The van der Waals surface area contributed by atoms with Gasteiger partial charge in [-0.15, -0.1) is 0 Å². The number of ketones is 1. The second-order valence-corrected chi connectivity index (χ2v) is 12.5. The predicted molar refractivity (Wildman–Crippen MR) is 150 cm³/mol. The van der Waals surface area contributed by atoms with Gasteiger partial charge < -0.3 is 19.5 Å². The molecule has 1 amide bonds. The third kappa shape index (κ3) is 3.79. The molecule has 1 aromatic carbocycles. The number of amides is 1. The van der Waals surface area contributed by atoms with Crippen molar-refractivity contribution in [2.75, 3.05) is 13.7 Å². The zero-order valence-corrected chi connectivity index (χ0v) is 23.9. The fourth-order valence-corrected chi connectivity index (χ4v) is 7.44. The highest BCUT2D eigenvalue weighted by atomic mass is 16.5. The Bertz CT molecular complexity index is 1620. The Morgan fingerprint density at radius 1 is 1.05 bits per heavy atom. The van der Waals surface area contributed by atoms with Crippen LogP contribution in [0.3, 0.4) is 0 Å². The van der Waals surface area contributed by atoms with Gasteiger partial charge in [0, 0.05) is 42.5 Å². The third-order valence-electron chi connectivity index (χ3n) is 9.99. The number of methoxy groups -OCH3 is 1. The molecule has 212 valence electrons. The zero-order chi connectivity index (χ0) is 28.8. The monoisotopic (exact) mass is 554 g/mol. The van der Waals surface area contributed by atoms with Crippen LogP contribution >= 0.6 is 0 Å². The summed E-state index contributed by atoms with van der Waals surface area (Å²) in [5, 5.41) is 9.72. The van der Waals surface area contributed by atoms with Crippen LogP contribution in [0.5, 0.6) is 5.75 Å². The summed E-state index contributed by atoms with van der Waals surface area (Å²) in [5.41, 5.74) is 4.25. The van der Waals surface area contributed by atoms with Crippen molar-refractivity contribution < 1.29 is 29.0 Å². The molecule has 0 unspecified atom stereocenters. The summed E-state index contributed by atoms with van der Waals surface area (Å²) in [5.74, 6) is 0.225. The van der Waals surface area contributed by atoms with Crippen LogP contribution in [0.15, 0.2) is 46.9 Å². The van der Waals surface area contributed by atoms with E-state index >= 15 is 0 Å². The van der Waals surface area contributed by atoms with Crippen LogP contribution in [0.1, 0.15) is 85.0 Å². The van der Waals surface area contributed by atoms with Crippen molar-refractivity contribution in [1.82, 2.24) is 9.88 Å². The average Bonchev–Trinajstić information content (AvgIpc) is 3.86. The fraction of sp³-hybridized carbons (Fsp3) is 0.455. The summed E-state index contributed by atoms with van der Waals surface area (Å²) >= 11 is 0. The Kier molecular flexibility index (Phi) is 5.56. The number of carboxylic acid groups (broad SMARTS) is 1. The number of rotatable bonds is 5. The maximum Gasteiger partial charge on any atom is 0.354 e. The minimum atomic E-state index is -1.09. The second-order valence-electron chi connectivity index (χ2n) is 12.5. The Balaban J connectivity index is 1.46. The summed E-state index contributed by atoms with van der Waals surface area (Å²) in [7, 11) is 1.59. The molecule has 2 spiro atoms. The Morgan fingerprint density at radius 3 is 2.41 bits per heavy atom. The second kappa shape index (κ2) is 8.78. The van der Waals surface area contributed by atoms with Gasteiger partial charge in [-0.1, -0.05) is 6.07 Å². The molecule has 41 heavy (non-hydrogen) atoms. The summed E-state index contributed by atoms with van der Waals surface area (Å²) in [6.45, 7) is 6.25. The molecule has 0 radical (unpaired) electrons. The van der Waals surface area contributed by atoms with Crippen LogP contribution in [0.2, 0.25) is 0 Å². The molecule has 0 saturated heterocycles. The van der Waals surface area contributed by atoms with Gasteiger partial charge >= 0.3 is 5.97 Å². The molecule has 8 heteroatoms. The number of nitrogens with zero attached hydrogens (tertiary/aromatic N) is 2. The van der Waals surface area contributed by atoms with Crippen LogP contribution in [0.4, 0.5) is 0 Å². The van der Waals surface area contributed by atoms with E-state index in [9.17, 15) is 19.5 Å². The number of hydrogen-bond acceptors (Lipinski definition) is 6. The standard InChI is InChI=1S/C33H34N2O6/c1-5-35-30(37)27-24(16-33(35)12-13-33)41-23-15-32(10-11-32)14-21(36)26(23)28(27)25-18(3)19(7-9-22(25)40-4)20-8-6-17(2)29(34-20)31(38)39/h6-9,28H,5,10-16H2,1-4H3,(H,38,39)/t28-/m1/s1. The van der Waals surface area contributed by atoms with E-state index in [1.54, 1.807) is 20.1 Å². The number of pyridine rings is 1. The van der Waals surface area contributed by atoms with Gasteiger partial charge in [0.05, 0.1) is 29.8 Å². The van der Waals surface area contributed by atoms with E-state index in [0.29, 0.717) is 65.5 Å². The van der Waals surface area contributed by atoms with Crippen molar-refractivity contribution in [3.63, 3.8) is 0 Å². The largest absolute Gasteiger partial charge is 0.496 e. The fourth-order valence-electron chi connectivity index (χ4n) is 7.44. The van der Waals surface area contributed by atoms with Gasteiger partial charge in [-0.3, -0.25) is 9.59 Å². The van der Waals surface area contributed by atoms with E-state index in [-0.39, 0.29) is 28.3 Å². The molecule has 2 aliphatic heterocycles. The number of carboxylic acids is 1. The van der Waals surface area contributed by atoms with E-state index < -0.39 is 11.9 Å². The number of aryl methyl sites for hydroxylation is 1. The number of aromatic nitrogens is 1. The van der Waals surface area contributed by atoms with E-state index in [1.165, 1.54) is 0 Å². The van der Waals surface area contributed by atoms with E-state index in [2.05, 4.69) is 4.98 Å². The molecule has 1 aromatic heterocycles. The van der Waals surface area contributed by atoms with Crippen LogP contribution in [0.25, 0.3) is 11.3 Å². The minimum absolute atomic E-state index is 0.00621. The Morgan fingerprint density at radius 2 is 1.78 bits per heavy atom. The summed E-state index contributed by atoms with van der Waals surface area (Å²) in [6, 6.07) is 7.26.